The van der Waals surface area contributed by atoms with Crippen LogP contribution in [0.5, 0.6) is 5.75 Å². The lowest BCUT2D eigenvalue weighted by Gasteiger charge is -2.06. The van der Waals surface area contributed by atoms with Crippen molar-refractivity contribution in [2.24, 2.45) is 5.10 Å². The number of amides is 1. The van der Waals surface area contributed by atoms with Gasteiger partial charge in [-0.05, 0) is 60.5 Å². The zero-order chi connectivity index (χ0) is 15.9. The Balaban J connectivity index is 2.11. The summed E-state index contributed by atoms with van der Waals surface area (Å²) in [7, 11) is 1.60. The van der Waals surface area contributed by atoms with E-state index in [-0.39, 0.29) is 11.7 Å². The standard InChI is InChI=1S/C17H17FN2O2/c1-3-16(12-6-10-15(22-2)11-7-12)19-20-17(21)13-4-8-14(18)9-5-13/h4-11H,3H2,1-2H3,(H,20,21)/b19-16+. The Hall–Kier alpha value is -2.69. The summed E-state index contributed by atoms with van der Waals surface area (Å²) in [4.78, 5) is 11.9. The molecule has 0 aliphatic rings. The molecule has 4 nitrogen and oxygen atoms in total. The Morgan fingerprint density at radius 1 is 1.09 bits per heavy atom. The predicted molar refractivity (Wildman–Crippen MR) is 83.7 cm³/mol. The number of carbonyl (C=O) groups excluding carboxylic acids is 1. The summed E-state index contributed by atoms with van der Waals surface area (Å²) in [6.45, 7) is 1.95. The molecular formula is C17H17FN2O2. The number of nitrogens with one attached hydrogen (secondary N) is 1. The fraction of sp³-hybridized carbons (Fsp3) is 0.176. The van der Waals surface area contributed by atoms with Gasteiger partial charge in [-0.15, -0.1) is 0 Å². The summed E-state index contributed by atoms with van der Waals surface area (Å²) in [5.74, 6) is 0.00143. The molecule has 0 aliphatic carbocycles. The average Bonchev–Trinajstić information content (AvgIpc) is 2.56. The van der Waals surface area contributed by atoms with E-state index in [2.05, 4.69) is 10.5 Å². The summed E-state index contributed by atoms with van der Waals surface area (Å²) in [5.41, 5.74) is 4.50. The van der Waals surface area contributed by atoms with Gasteiger partial charge < -0.3 is 4.74 Å². The van der Waals surface area contributed by atoms with Gasteiger partial charge in [0.25, 0.3) is 5.91 Å². The van der Waals surface area contributed by atoms with Crippen LogP contribution in [-0.2, 0) is 0 Å². The summed E-state index contributed by atoms with van der Waals surface area (Å²) < 4.78 is 17.9. The molecule has 0 bridgehead atoms. The van der Waals surface area contributed by atoms with E-state index in [9.17, 15) is 9.18 Å². The summed E-state index contributed by atoms with van der Waals surface area (Å²) in [6.07, 6.45) is 0.663. The van der Waals surface area contributed by atoms with E-state index < -0.39 is 0 Å². The van der Waals surface area contributed by atoms with Gasteiger partial charge in [0.05, 0.1) is 12.8 Å². The number of halogens is 1. The molecule has 114 valence electrons. The molecule has 0 unspecified atom stereocenters. The molecule has 22 heavy (non-hydrogen) atoms. The number of hydrogen-bond donors (Lipinski definition) is 1. The number of methoxy groups -OCH3 is 1. The normalized spacial score (nSPS) is 11.1. The van der Waals surface area contributed by atoms with E-state index in [1.807, 2.05) is 31.2 Å². The number of hydrogen-bond acceptors (Lipinski definition) is 3. The molecule has 0 atom stereocenters. The second kappa shape index (κ2) is 7.36. The van der Waals surface area contributed by atoms with Crippen LogP contribution in [0.2, 0.25) is 0 Å². The molecule has 1 amide bonds. The van der Waals surface area contributed by atoms with Crippen LogP contribution < -0.4 is 10.2 Å². The van der Waals surface area contributed by atoms with Crippen molar-refractivity contribution in [3.63, 3.8) is 0 Å². The lowest BCUT2D eigenvalue weighted by Crippen LogP contribution is -2.20. The highest BCUT2D eigenvalue weighted by Gasteiger charge is 2.06. The molecule has 2 aromatic carbocycles. The van der Waals surface area contributed by atoms with Crippen LogP contribution in [-0.4, -0.2) is 18.7 Å². The molecular weight excluding hydrogens is 283 g/mol. The van der Waals surface area contributed by atoms with Gasteiger partial charge in [0, 0.05) is 5.56 Å². The monoisotopic (exact) mass is 300 g/mol. The van der Waals surface area contributed by atoms with Crippen molar-refractivity contribution in [2.75, 3.05) is 7.11 Å². The average molecular weight is 300 g/mol. The van der Waals surface area contributed by atoms with Crippen molar-refractivity contribution in [1.29, 1.82) is 0 Å². The molecule has 5 heteroatoms. The van der Waals surface area contributed by atoms with Gasteiger partial charge in [0.2, 0.25) is 0 Å². The van der Waals surface area contributed by atoms with E-state index >= 15 is 0 Å². The fourth-order valence-electron chi connectivity index (χ4n) is 1.92. The Morgan fingerprint density at radius 3 is 2.23 bits per heavy atom. The minimum Gasteiger partial charge on any atom is -0.497 e. The summed E-state index contributed by atoms with van der Waals surface area (Å²) in [5, 5.41) is 4.15. The molecule has 0 radical (unpaired) electrons. The zero-order valence-electron chi connectivity index (χ0n) is 12.5. The first-order chi connectivity index (χ1) is 10.6. The minimum absolute atomic E-state index is 0.357. The Labute approximate surface area is 128 Å². The van der Waals surface area contributed by atoms with Gasteiger partial charge in [-0.1, -0.05) is 6.92 Å². The van der Waals surface area contributed by atoms with Gasteiger partial charge in [0.1, 0.15) is 11.6 Å². The van der Waals surface area contributed by atoms with Crippen molar-refractivity contribution in [3.05, 3.63) is 65.5 Å². The maximum Gasteiger partial charge on any atom is 0.271 e. The second-order valence-electron chi connectivity index (χ2n) is 4.59. The maximum atomic E-state index is 12.8. The molecule has 2 aromatic rings. The molecule has 0 aromatic heterocycles. The van der Waals surface area contributed by atoms with Gasteiger partial charge in [-0.2, -0.15) is 5.10 Å². The van der Waals surface area contributed by atoms with Crippen molar-refractivity contribution in [1.82, 2.24) is 5.43 Å². The Kier molecular flexibility index (Phi) is 5.25. The molecule has 1 N–H and O–H groups in total. The molecule has 0 aliphatic heterocycles. The van der Waals surface area contributed by atoms with E-state index in [1.54, 1.807) is 7.11 Å². The Morgan fingerprint density at radius 2 is 1.68 bits per heavy atom. The quantitative estimate of drug-likeness (QED) is 0.680. The second-order valence-corrected chi connectivity index (χ2v) is 4.59. The molecule has 2 rings (SSSR count). The first-order valence-electron chi connectivity index (χ1n) is 6.91. The van der Waals surface area contributed by atoms with E-state index in [1.165, 1.54) is 24.3 Å². The molecule has 0 spiro atoms. The number of rotatable bonds is 5. The first kappa shape index (κ1) is 15.7. The maximum absolute atomic E-state index is 12.8. The smallest absolute Gasteiger partial charge is 0.271 e. The van der Waals surface area contributed by atoms with Gasteiger partial charge >= 0.3 is 0 Å². The fourth-order valence-corrected chi connectivity index (χ4v) is 1.92. The highest BCUT2D eigenvalue weighted by atomic mass is 19.1. The van der Waals surface area contributed by atoms with Gasteiger partial charge in [0.15, 0.2) is 0 Å². The topological polar surface area (TPSA) is 50.7 Å². The van der Waals surface area contributed by atoms with Crippen molar-refractivity contribution in [2.45, 2.75) is 13.3 Å². The van der Waals surface area contributed by atoms with Gasteiger partial charge in [-0.3, -0.25) is 4.79 Å². The molecule has 0 fully saturated rings. The minimum atomic E-state index is -0.382. The van der Waals surface area contributed by atoms with Crippen LogP contribution in [0.15, 0.2) is 53.6 Å². The predicted octanol–water partition coefficient (Wildman–Crippen LogP) is 3.38. The van der Waals surface area contributed by atoms with Crippen molar-refractivity contribution >= 4 is 11.6 Å². The molecule has 0 saturated heterocycles. The van der Waals surface area contributed by atoms with E-state index in [4.69, 9.17) is 4.74 Å². The zero-order valence-corrected chi connectivity index (χ0v) is 12.5. The third-order valence-electron chi connectivity index (χ3n) is 3.16. The van der Waals surface area contributed by atoms with Crippen molar-refractivity contribution in [3.8, 4) is 5.75 Å². The Bertz CT molecular complexity index is 664. The highest BCUT2D eigenvalue weighted by Crippen LogP contribution is 2.13. The number of ether oxygens (including phenoxy) is 1. The highest BCUT2D eigenvalue weighted by molar-refractivity contribution is 6.02. The van der Waals surface area contributed by atoms with Crippen LogP contribution in [0.25, 0.3) is 0 Å². The SMILES string of the molecule is CC/C(=N\NC(=O)c1ccc(F)cc1)c1ccc(OC)cc1. The van der Waals surface area contributed by atoms with Crippen LogP contribution in [0, 0.1) is 5.82 Å². The van der Waals surface area contributed by atoms with Crippen LogP contribution in [0.4, 0.5) is 4.39 Å². The van der Waals surface area contributed by atoms with E-state index in [0.717, 1.165) is 17.0 Å². The largest absolute Gasteiger partial charge is 0.497 e. The summed E-state index contributed by atoms with van der Waals surface area (Å²) >= 11 is 0. The number of hydrazone groups is 1. The number of benzene rings is 2. The lowest BCUT2D eigenvalue weighted by molar-refractivity contribution is 0.0954. The van der Waals surface area contributed by atoms with Crippen LogP contribution in [0.1, 0.15) is 29.3 Å². The van der Waals surface area contributed by atoms with Gasteiger partial charge in [-0.25, -0.2) is 9.82 Å². The number of carbonyl (C=O) groups is 1. The van der Waals surface area contributed by atoms with Crippen LogP contribution >= 0.6 is 0 Å². The van der Waals surface area contributed by atoms with Crippen LogP contribution in [0.3, 0.4) is 0 Å². The lowest BCUT2D eigenvalue weighted by atomic mass is 10.1. The third-order valence-corrected chi connectivity index (χ3v) is 3.16. The number of nitrogens with zero attached hydrogens (tertiary/aromatic N) is 1. The third kappa shape index (κ3) is 3.91. The molecule has 0 heterocycles. The summed E-state index contributed by atoms with van der Waals surface area (Å²) in [6, 6.07) is 12.7. The van der Waals surface area contributed by atoms with E-state index in [0.29, 0.717) is 12.0 Å². The molecule has 0 saturated carbocycles. The first-order valence-corrected chi connectivity index (χ1v) is 6.91. The van der Waals surface area contributed by atoms with Crippen molar-refractivity contribution < 1.29 is 13.9 Å².